The van der Waals surface area contributed by atoms with Gasteiger partial charge in [-0.2, -0.15) is 0 Å². The second-order valence-electron chi connectivity index (χ2n) is 8.12. The molecule has 0 spiro atoms. The van der Waals surface area contributed by atoms with E-state index < -0.39 is 0 Å². The van der Waals surface area contributed by atoms with Gasteiger partial charge in [-0.3, -0.25) is 4.79 Å². The number of carbonyl (C=O) groups is 2. The normalized spacial score (nSPS) is 16.8. The van der Waals surface area contributed by atoms with Crippen LogP contribution >= 0.6 is 11.3 Å². The highest BCUT2D eigenvalue weighted by molar-refractivity contribution is 7.14. The molecule has 0 unspecified atom stereocenters. The van der Waals surface area contributed by atoms with Gasteiger partial charge in [-0.1, -0.05) is 12.8 Å². The number of thiophene rings is 1. The zero-order valence-electron chi connectivity index (χ0n) is 18.1. The lowest BCUT2D eigenvalue weighted by molar-refractivity contribution is -0.134. The number of rotatable bonds is 5. The Bertz CT molecular complexity index is 875. The molecule has 0 bridgehead atoms. The second-order valence-corrected chi connectivity index (χ2v) is 9.25. The highest BCUT2D eigenvalue weighted by atomic mass is 32.1. The molecule has 0 saturated carbocycles. The quantitative estimate of drug-likeness (QED) is 0.657. The molecule has 1 fully saturated rings. The molecule has 166 valence electrons. The van der Waals surface area contributed by atoms with Crippen molar-refractivity contribution in [2.24, 2.45) is 0 Å². The van der Waals surface area contributed by atoms with Crippen molar-refractivity contribution in [2.75, 3.05) is 44.8 Å². The van der Waals surface area contributed by atoms with E-state index in [-0.39, 0.29) is 18.5 Å². The third-order valence-electron chi connectivity index (χ3n) is 6.09. The molecule has 1 aliphatic carbocycles. The Morgan fingerprint density at radius 1 is 0.968 bits per heavy atom. The molecular weight excluding hydrogens is 412 g/mol. The summed E-state index contributed by atoms with van der Waals surface area (Å²) in [5.74, 6) is 0.330. The third kappa shape index (κ3) is 5.39. The van der Waals surface area contributed by atoms with Gasteiger partial charge in [0.05, 0.1) is 7.11 Å². The zero-order valence-corrected chi connectivity index (χ0v) is 18.9. The van der Waals surface area contributed by atoms with Crippen LogP contribution < -0.4 is 9.64 Å². The molecule has 1 saturated heterocycles. The number of piperazine rings is 1. The van der Waals surface area contributed by atoms with Crippen LogP contribution in [0.2, 0.25) is 0 Å². The number of hydrogen-bond donors (Lipinski definition) is 0. The van der Waals surface area contributed by atoms with Crippen molar-refractivity contribution in [3.05, 3.63) is 45.6 Å². The summed E-state index contributed by atoms with van der Waals surface area (Å²) in [4.78, 5) is 31.0. The van der Waals surface area contributed by atoms with Crippen molar-refractivity contribution in [3.8, 4) is 5.75 Å². The van der Waals surface area contributed by atoms with Gasteiger partial charge in [0.1, 0.15) is 10.6 Å². The summed E-state index contributed by atoms with van der Waals surface area (Å²) in [6, 6.07) is 9.92. The third-order valence-corrected chi connectivity index (χ3v) is 7.31. The first-order valence-corrected chi connectivity index (χ1v) is 11.9. The van der Waals surface area contributed by atoms with Gasteiger partial charge in [0.15, 0.2) is 6.61 Å². The number of esters is 1. The van der Waals surface area contributed by atoms with Gasteiger partial charge in [0.2, 0.25) is 0 Å². The van der Waals surface area contributed by atoms with E-state index in [9.17, 15) is 9.59 Å². The Morgan fingerprint density at radius 3 is 2.39 bits per heavy atom. The minimum absolute atomic E-state index is 0.127. The van der Waals surface area contributed by atoms with Crippen molar-refractivity contribution in [3.63, 3.8) is 0 Å². The number of methoxy groups -OCH3 is 1. The van der Waals surface area contributed by atoms with Crippen LogP contribution in [0, 0.1) is 0 Å². The standard InChI is InChI=1S/C24H30N2O4S/c1-29-20-10-8-19(9-11-20)25-12-14-26(15-13-25)23(27)17-30-24(28)22-16-18-6-4-2-3-5-7-21(18)31-22/h8-11,16H,2-7,12-15,17H2,1H3. The SMILES string of the molecule is COc1ccc(N2CCN(C(=O)COC(=O)c3cc4c(s3)CCCCCC4)CC2)cc1. The molecule has 0 atom stereocenters. The van der Waals surface area contributed by atoms with Crippen molar-refractivity contribution >= 4 is 28.9 Å². The predicted octanol–water partition coefficient (Wildman–Crippen LogP) is 3.92. The lowest BCUT2D eigenvalue weighted by Crippen LogP contribution is -2.49. The zero-order chi connectivity index (χ0) is 21.6. The van der Waals surface area contributed by atoms with Crippen LogP contribution in [0.4, 0.5) is 5.69 Å². The van der Waals surface area contributed by atoms with E-state index in [4.69, 9.17) is 9.47 Å². The minimum Gasteiger partial charge on any atom is -0.497 e. The minimum atomic E-state index is -0.373. The molecule has 1 aromatic carbocycles. The summed E-state index contributed by atoms with van der Waals surface area (Å²) in [5.41, 5.74) is 2.41. The number of benzene rings is 1. The fraction of sp³-hybridized carbons (Fsp3) is 0.500. The molecule has 2 aromatic rings. The molecule has 0 N–H and O–H groups in total. The monoisotopic (exact) mass is 442 g/mol. The molecule has 1 aliphatic heterocycles. The smallest absolute Gasteiger partial charge is 0.348 e. The van der Waals surface area contributed by atoms with Gasteiger partial charge in [-0.25, -0.2) is 4.79 Å². The molecule has 1 aromatic heterocycles. The number of amides is 1. The molecule has 1 amide bonds. The summed E-state index contributed by atoms with van der Waals surface area (Å²) in [7, 11) is 1.65. The summed E-state index contributed by atoms with van der Waals surface area (Å²) < 4.78 is 10.6. The van der Waals surface area contributed by atoms with Crippen LogP contribution in [0.1, 0.15) is 45.8 Å². The Hall–Kier alpha value is -2.54. The van der Waals surface area contributed by atoms with Crippen LogP contribution in [0.5, 0.6) is 5.75 Å². The first kappa shape index (κ1) is 21.7. The number of fused-ring (bicyclic) bond motifs is 1. The van der Waals surface area contributed by atoms with Crippen molar-refractivity contribution in [2.45, 2.75) is 38.5 Å². The molecule has 6 nitrogen and oxygen atoms in total. The van der Waals surface area contributed by atoms with E-state index in [0.717, 1.165) is 37.4 Å². The maximum absolute atomic E-state index is 12.6. The maximum atomic E-state index is 12.6. The number of aryl methyl sites for hydroxylation is 2. The van der Waals surface area contributed by atoms with E-state index in [0.29, 0.717) is 18.0 Å². The van der Waals surface area contributed by atoms with Crippen LogP contribution in [0.3, 0.4) is 0 Å². The van der Waals surface area contributed by atoms with Gasteiger partial charge in [0, 0.05) is 36.7 Å². The molecule has 31 heavy (non-hydrogen) atoms. The number of hydrogen-bond acceptors (Lipinski definition) is 6. The lowest BCUT2D eigenvalue weighted by atomic mass is 10.00. The summed E-state index contributed by atoms with van der Waals surface area (Å²) in [5, 5.41) is 0. The Kier molecular flexibility index (Phi) is 7.12. The summed E-state index contributed by atoms with van der Waals surface area (Å²) in [6.45, 7) is 2.56. The van der Waals surface area contributed by atoms with Crippen LogP contribution in [-0.4, -0.2) is 56.7 Å². The number of carbonyl (C=O) groups excluding carboxylic acids is 2. The first-order valence-electron chi connectivity index (χ1n) is 11.1. The van der Waals surface area contributed by atoms with Crippen molar-refractivity contribution in [1.29, 1.82) is 0 Å². The van der Waals surface area contributed by atoms with Gasteiger partial charge in [-0.05, 0) is 61.6 Å². The molecule has 4 rings (SSSR count). The van der Waals surface area contributed by atoms with E-state index in [1.807, 2.05) is 30.3 Å². The molecule has 0 radical (unpaired) electrons. The van der Waals surface area contributed by atoms with Gasteiger partial charge < -0.3 is 19.3 Å². The number of nitrogens with zero attached hydrogens (tertiary/aromatic N) is 2. The van der Waals surface area contributed by atoms with E-state index in [1.165, 1.54) is 47.5 Å². The maximum Gasteiger partial charge on any atom is 0.348 e. The first-order chi connectivity index (χ1) is 15.1. The van der Waals surface area contributed by atoms with E-state index in [1.54, 1.807) is 12.0 Å². The largest absolute Gasteiger partial charge is 0.497 e. The van der Waals surface area contributed by atoms with Gasteiger partial charge in [-0.15, -0.1) is 11.3 Å². The fourth-order valence-corrected chi connectivity index (χ4v) is 5.39. The summed E-state index contributed by atoms with van der Waals surface area (Å²) >= 11 is 1.54. The van der Waals surface area contributed by atoms with Crippen LogP contribution in [0.25, 0.3) is 0 Å². The van der Waals surface area contributed by atoms with Crippen molar-refractivity contribution in [1.82, 2.24) is 4.90 Å². The predicted molar refractivity (Wildman–Crippen MR) is 122 cm³/mol. The Balaban J connectivity index is 1.25. The Labute approximate surface area is 187 Å². The highest BCUT2D eigenvalue weighted by Crippen LogP contribution is 2.29. The molecule has 2 aliphatic rings. The second kappa shape index (κ2) is 10.2. The highest BCUT2D eigenvalue weighted by Gasteiger charge is 2.23. The van der Waals surface area contributed by atoms with Gasteiger partial charge >= 0.3 is 5.97 Å². The lowest BCUT2D eigenvalue weighted by Gasteiger charge is -2.36. The molecule has 7 heteroatoms. The topological polar surface area (TPSA) is 59.1 Å². The van der Waals surface area contributed by atoms with Gasteiger partial charge in [0.25, 0.3) is 5.91 Å². The van der Waals surface area contributed by atoms with Crippen LogP contribution in [-0.2, 0) is 22.4 Å². The van der Waals surface area contributed by atoms with Crippen molar-refractivity contribution < 1.29 is 19.1 Å². The molecular formula is C24H30N2O4S. The number of anilines is 1. The number of ether oxygens (including phenoxy) is 2. The van der Waals surface area contributed by atoms with E-state index in [2.05, 4.69) is 4.90 Å². The summed E-state index contributed by atoms with van der Waals surface area (Å²) in [6.07, 6.45) is 6.97. The van der Waals surface area contributed by atoms with Crippen LogP contribution in [0.15, 0.2) is 30.3 Å². The van der Waals surface area contributed by atoms with E-state index >= 15 is 0 Å². The molecule has 2 heterocycles. The average molecular weight is 443 g/mol. The Morgan fingerprint density at radius 2 is 1.68 bits per heavy atom. The fourth-order valence-electron chi connectivity index (χ4n) is 4.24. The average Bonchev–Trinajstić information content (AvgIpc) is 3.19.